The van der Waals surface area contributed by atoms with Crippen molar-refractivity contribution in [3.8, 4) is 0 Å². The van der Waals surface area contributed by atoms with Gasteiger partial charge in [0.25, 0.3) is 0 Å². The van der Waals surface area contributed by atoms with Crippen LogP contribution in [0.2, 0.25) is 0 Å². The van der Waals surface area contributed by atoms with Gasteiger partial charge in [-0.15, -0.1) is 0 Å². The Morgan fingerprint density at radius 3 is 2.37 bits per heavy atom. The summed E-state index contributed by atoms with van der Waals surface area (Å²) >= 11 is 0. The molecular formula is C33H63N3O4S. The van der Waals surface area contributed by atoms with Crippen LogP contribution in [0.25, 0.3) is 0 Å². The number of fused-ring (bicyclic) bond motifs is 5. The van der Waals surface area contributed by atoms with Crippen molar-refractivity contribution in [2.45, 2.75) is 130 Å². The Bertz CT molecular complexity index is 901. The Hall–Kier alpha value is -0.250. The molecule has 0 spiro atoms. The third-order valence-electron chi connectivity index (χ3n) is 12.4. The van der Waals surface area contributed by atoms with Crippen molar-refractivity contribution in [2.75, 3.05) is 26.2 Å². The van der Waals surface area contributed by atoms with E-state index in [2.05, 4.69) is 24.5 Å². The smallest absolute Gasteiger partial charge is 0.330 e. The van der Waals surface area contributed by atoms with Crippen LogP contribution in [-0.2, 0) is 14.6 Å². The van der Waals surface area contributed by atoms with Crippen LogP contribution in [0.5, 0.6) is 0 Å². The highest BCUT2D eigenvalue weighted by Crippen LogP contribution is 2.64. The molecule has 5 N–H and O–H groups in total. The zero-order chi connectivity index (χ0) is 29.6. The zero-order valence-electron chi connectivity index (χ0n) is 26.7. The molecule has 0 radical (unpaired) electrons. The fraction of sp³-hybridized carbons (Fsp3) is 1.00. The molecule has 8 heteroatoms. The van der Waals surface area contributed by atoms with Crippen LogP contribution in [-0.4, -0.2) is 51.3 Å². The molecule has 0 aliphatic heterocycles. The molecule has 10 unspecified atom stereocenters. The molecule has 0 heterocycles. The normalized spacial score (nSPS) is 36.9. The predicted molar refractivity (Wildman–Crippen MR) is 168 cm³/mol. The van der Waals surface area contributed by atoms with Crippen LogP contribution < -0.4 is 16.4 Å². The molecule has 0 saturated heterocycles. The second-order valence-electron chi connectivity index (χ2n) is 15.1. The number of hydrogen-bond donors (Lipinski definition) is 4. The van der Waals surface area contributed by atoms with Crippen LogP contribution in [0.3, 0.4) is 0 Å². The summed E-state index contributed by atoms with van der Waals surface area (Å²) in [5, 5.41) is 7.48. The summed E-state index contributed by atoms with van der Waals surface area (Å²) in [7, 11) is -4.41. The zero-order valence-corrected chi connectivity index (χ0v) is 27.5. The second kappa shape index (κ2) is 15.2. The van der Waals surface area contributed by atoms with Crippen molar-refractivity contribution >= 4 is 10.4 Å². The molecule has 7 nitrogen and oxygen atoms in total. The molecule has 240 valence electrons. The third kappa shape index (κ3) is 8.69. The summed E-state index contributed by atoms with van der Waals surface area (Å²) in [6.07, 6.45) is 17.2. The van der Waals surface area contributed by atoms with E-state index in [1.54, 1.807) is 0 Å². The average Bonchev–Trinajstić information content (AvgIpc) is 3.36. The van der Waals surface area contributed by atoms with E-state index in [0.717, 1.165) is 74.5 Å². The van der Waals surface area contributed by atoms with E-state index in [9.17, 15) is 13.0 Å². The van der Waals surface area contributed by atoms with Gasteiger partial charge in [-0.05, 0) is 169 Å². The average molecular weight is 598 g/mol. The van der Waals surface area contributed by atoms with Gasteiger partial charge in [-0.2, -0.15) is 8.42 Å². The maximum absolute atomic E-state index is 11.3. The first-order valence-corrected chi connectivity index (χ1v) is 18.7. The lowest BCUT2D eigenvalue weighted by molar-refractivity contribution is -0.0936. The topological polar surface area (TPSA) is 114 Å². The summed E-state index contributed by atoms with van der Waals surface area (Å²) in [4.78, 5) is 0. The quantitative estimate of drug-likeness (QED) is 0.124. The summed E-state index contributed by atoms with van der Waals surface area (Å²) in [5.74, 6) is 5.81. The third-order valence-corrected chi connectivity index (χ3v) is 12.9. The number of unbranched alkanes of at least 4 members (excludes halogenated alkanes) is 1. The lowest BCUT2D eigenvalue weighted by atomic mass is 9.46. The standard InChI is InChI=1S/C33H63N3O4S/c1-23(2)32(40-41(37,38)39)15-8-24(3)27-11-12-29-28(27)13-14-31-30(29)10-9-25-22-26(16-17-33(25,31)4)36-21-7-20-35-19-6-5-18-34/h23-32,35-36H,5-22,34H2,1-4H3,(H,37,38,39). The molecule has 4 rings (SSSR count). The largest absolute Gasteiger partial charge is 0.397 e. The van der Waals surface area contributed by atoms with Gasteiger partial charge >= 0.3 is 10.4 Å². The molecule has 0 aromatic heterocycles. The van der Waals surface area contributed by atoms with Crippen molar-refractivity contribution in [3.63, 3.8) is 0 Å². The maximum atomic E-state index is 11.3. The van der Waals surface area contributed by atoms with Gasteiger partial charge in [-0.3, -0.25) is 4.55 Å². The molecule has 41 heavy (non-hydrogen) atoms. The van der Waals surface area contributed by atoms with E-state index in [0.29, 0.717) is 23.8 Å². The number of hydrogen-bond acceptors (Lipinski definition) is 6. The number of nitrogens with one attached hydrogen (secondary N) is 2. The van der Waals surface area contributed by atoms with Crippen LogP contribution in [0.4, 0.5) is 0 Å². The molecular weight excluding hydrogens is 534 g/mol. The molecule has 0 bridgehead atoms. The highest BCUT2D eigenvalue weighted by Gasteiger charge is 2.56. The van der Waals surface area contributed by atoms with Crippen molar-refractivity contribution in [1.82, 2.24) is 10.6 Å². The fourth-order valence-electron chi connectivity index (χ4n) is 10.2. The van der Waals surface area contributed by atoms with Gasteiger partial charge in [-0.1, -0.05) is 27.7 Å². The Balaban J connectivity index is 1.24. The van der Waals surface area contributed by atoms with Crippen LogP contribution in [0.15, 0.2) is 0 Å². The molecule has 4 saturated carbocycles. The Kier molecular flexibility index (Phi) is 12.4. The molecule has 0 aromatic carbocycles. The van der Waals surface area contributed by atoms with Crippen molar-refractivity contribution in [3.05, 3.63) is 0 Å². The second-order valence-corrected chi connectivity index (χ2v) is 16.1. The van der Waals surface area contributed by atoms with Crippen LogP contribution in [0, 0.1) is 52.8 Å². The van der Waals surface area contributed by atoms with Gasteiger partial charge in [0.2, 0.25) is 0 Å². The Morgan fingerprint density at radius 2 is 1.63 bits per heavy atom. The first-order chi connectivity index (χ1) is 19.5. The minimum atomic E-state index is -4.41. The first-order valence-electron chi connectivity index (χ1n) is 17.3. The van der Waals surface area contributed by atoms with Crippen molar-refractivity contribution in [1.29, 1.82) is 0 Å². The molecule has 4 aliphatic rings. The number of rotatable bonds is 16. The van der Waals surface area contributed by atoms with Gasteiger partial charge in [0, 0.05) is 6.04 Å². The van der Waals surface area contributed by atoms with Gasteiger partial charge in [-0.25, -0.2) is 4.18 Å². The molecule has 0 aromatic rings. The van der Waals surface area contributed by atoms with E-state index in [-0.39, 0.29) is 5.92 Å². The molecule has 4 fully saturated rings. The van der Waals surface area contributed by atoms with E-state index in [1.165, 1.54) is 70.6 Å². The van der Waals surface area contributed by atoms with Gasteiger partial charge in [0.1, 0.15) is 0 Å². The monoisotopic (exact) mass is 597 g/mol. The highest BCUT2D eigenvalue weighted by atomic mass is 32.3. The highest BCUT2D eigenvalue weighted by molar-refractivity contribution is 7.80. The van der Waals surface area contributed by atoms with E-state index in [1.807, 2.05) is 13.8 Å². The summed E-state index contributed by atoms with van der Waals surface area (Å²) in [6.45, 7) is 13.1. The van der Waals surface area contributed by atoms with E-state index in [4.69, 9.17) is 9.92 Å². The van der Waals surface area contributed by atoms with E-state index < -0.39 is 16.5 Å². The van der Waals surface area contributed by atoms with Crippen LogP contribution >= 0.6 is 0 Å². The van der Waals surface area contributed by atoms with Crippen LogP contribution in [0.1, 0.15) is 118 Å². The maximum Gasteiger partial charge on any atom is 0.397 e. The van der Waals surface area contributed by atoms with Crippen molar-refractivity contribution < 1.29 is 17.2 Å². The summed E-state index contributed by atoms with van der Waals surface area (Å²) in [5.41, 5.74) is 6.11. The van der Waals surface area contributed by atoms with Gasteiger partial charge in [0.15, 0.2) is 0 Å². The van der Waals surface area contributed by atoms with E-state index >= 15 is 0 Å². The lowest BCUT2D eigenvalue weighted by Crippen LogP contribution is -2.53. The number of nitrogens with two attached hydrogens (primary N) is 1. The predicted octanol–water partition coefficient (Wildman–Crippen LogP) is 6.19. The molecule has 10 atom stereocenters. The minimum absolute atomic E-state index is 0.0608. The fourth-order valence-corrected chi connectivity index (χ4v) is 10.8. The molecule has 4 aliphatic carbocycles. The van der Waals surface area contributed by atoms with Gasteiger partial charge < -0.3 is 16.4 Å². The molecule has 0 amide bonds. The SMILES string of the molecule is CC(C)C(CCC(C)C1CCC2C1CCC1C2CCC2CC(NCCCNCCCCN)CCC21C)OS(=O)(=O)O. The lowest BCUT2D eigenvalue weighted by Gasteiger charge is -2.59. The van der Waals surface area contributed by atoms with Gasteiger partial charge in [0.05, 0.1) is 6.10 Å². The Morgan fingerprint density at radius 1 is 0.902 bits per heavy atom. The summed E-state index contributed by atoms with van der Waals surface area (Å²) < 4.78 is 36.9. The van der Waals surface area contributed by atoms with Crippen molar-refractivity contribution in [2.24, 2.45) is 58.5 Å². The minimum Gasteiger partial charge on any atom is -0.330 e. The Labute approximate surface area is 252 Å². The summed E-state index contributed by atoms with van der Waals surface area (Å²) in [6, 6.07) is 0.703. The first kappa shape index (κ1) is 33.6.